The van der Waals surface area contributed by atoms with Gasteiger partial charge >= 0.3 is 0 Å². The van der Waals surface area contributed by atoms with Gasteiger partial charge in [-0.05, 0) is 27.7 Å². The van der Waals surface area contributed by atoms with Crippen molar-refractivity contribution >= 4 is 5.91 Å². The number of carbonyl (C=O) groups is 1. The summed E-state index contributed by atoms with van der Waals surface area (Å²) in [4.78, 5) is 11.6. The van der Waals surface area contributed by atoms with E-state index in [1.165, 1.54) is 0 Å². The summed E-state index contributed by atoms with van der Waals surface area (Å²) in [5.41, 5.74) is 0.0443. The summed E-state index contributed by atoms with van der Waals surface area (Å²) in [5, 5.41) is 13.9. The van der Waals surface area contributed by atoms with Crippen LogP contribution in [0.15, 0.2) is 6.33 Å². The molecule has 2 N–H and O–H groups in total. The predicted molar refractivity (Wildman–Crippen MR) is 69.9 cm³/mol. The van der Waals surface area contributed by atoms with E-state index in [2.05, 4.69) is 41.6 Å². The maximum absolute atomic E-state index is 11.6. The third-order valence-electron chi connectivity index (χ3n) is 2.49. The molecule has 0 saturated heterocycles. The Balaban J connectivity index is 2.25. The normalized spacial score (nSPS) is 11.6. The monoisotopic (exact) mass is 253 g/mol. The summed E-state index contributed by atoms with van der Waals surface area (Å²) in [7, 11) is 0. The van der Waals surface area contributed by atoms with E-state index in [9.17, 15) is 4.79 Å². The number of aryl methyl sites for hydroxylation is 1. The average Bonchev–Trinajstić information content (AvgIpc) is 2.71. The molecule has 1 aromatic heterocycles. The van der Waals surface area contributed by atoms with Crippen molar-refractivity contribution in [3.8, 4) is 0 Å². The lowest BCUT2D eigenvalue weighted by molar-refractivity contribution is -0.121. The van der Waals surface area contributed by atoms with Gasteiger partial charge in [-0.1, -0.05) is 0 Å². The molecule has 0 aliphatic carbocycles. The molecule has 1 amide bonds. The first-order chi connectivity index (χ1) is 8.42. The van der Waals surface area contributed by atoms with Crippen molar-refractivity contribution in [1.29, 1.82) is 0 Å². The van der Waals surface area contributed by atoms with Crippen molar-refractivity contribution in [2.75, 3.05) is 6.54 Å². The highest BCUT2D eigenvalue weighted by atomic mass is 16.1. The van der Waals surface area contributed by atoms with Gasteiger partial charge in [0.2, 0.25) is 5.91 Å². The molecule has 0 atom stereocenters. The van der Waals surface area contributed by atoms with Crippen molar-refractivity contribution in [3.63, 3.8) is 0 Å². The number of nitrogens with one attached hydrogen (secondary N) is 2. The molecule has 0 radical (unpaired) electrons. The molecule has 0 aliphatic rings. The maximum Gasteiger partial charge on any atom is 0.221 e. The Bertz CT molecular complexity index is 380. The van der Waals surface area contributed by atoms with Gasteiger partial charge in [-0.2, -0.15) is 0 Å². The molecule has 0 unspecified atom stereocenters. The molecule has 6 heteroatoms. The number of nitrogens with zero attached hydrogens (tertiary/aromatic N) is 3. The van der Waals surface area contributed by atoms with E-state index in [-0.39, 0.29) is 11.4 Å². The number of rotatable bonds is 6. The lowest BCUT2D eigenvalue weighted by Crippen LogP contribution is -2.38. The minimum absolute atomic E-state index is 0.0254. The minimum Gasteiger partial charge on any atom is -0.349 e. The van der Waals surface area contributed by atoms with Gasteiger partial charge in [0, 0.05) is 25.0 Å². The van der Waals surface area contributed by atoms with Gasteiger partial charge < -0.3 is 15.2 Å². The predicted octanol–water partition coefficient (Wildman–Crippen LogP) is 0.692. The minimum atomic E-state index is 0.0254. The van der Waals surface area contributed by atoms with Crippen LogP contribution in [0.5, 0.6) is 0 Å². The van der Waals surface area contributed by atoms with Crippen molar-refractivity contribution in [2.24, 2.45) is 0 Å². The van der Waals surface area contributed by atoms with E-state index < -0.39 is 0 Å². The van der Waals surface area contributed by atoms with Crippen LogP contribution in [-0.4, -0.2) is 32.8 Å². The number of hydrogen-bond donors (Lipinski definition) is 2. The molecule has 0 bridgehead atoms. The van der Waals surface area contributed by atoms with Crippen LogP contribution in [0.1, 0.15) is 39.9 Å². The van der Waals surface area contributed by atoms with Gasteiger partial charge in [0.05, 0.1) is 6.54 Å². The first-order valence-corrected chi connectivity index (χ1v) is 6.31. The standard InChI is InChI=1S/C12H23N5O/c1-5-17-9-15-16-10(17)8-13-11(18)6-7-14-12(2,3)4/h9,14H,5-8H2,1-4H3,(H,13,18). The highest BCUT2D eigenvalue weighted by Crippen LogP contribution is 1.98. The van der Waals surface area contributed by atoms with Crippen LogP contribution in [0, 0.1) is 0 Å². The summed E-state index contributed by atoms with van der Waals surface area (Å²) in [6.45, 7) is 10.2. The van der Waals surface area contributed by atoms with Crippen LogP contribution >= 0.6 is 0 Å². The van der Waals surface area contributed by atoms with Crippen LogP contribution in [0.4, 0.5) is 0 Å². The van der Waals surface area contributed by atoms with E-state index in [0.717, 1.165) is 12.4 Å². The molecule has 0 aromatic carbocycles. The van der Waals surface area contributed by atoms with Crippen molar-refractivity contribution in [3.05, 3.63) is 12.2 Å². The Hall–Kier alpha value is -1.43. The lowest BCUT2D eigenvalue weighted by Gasteiger charge is -2.20. The molecule has 1 aromatic rings. The topological polar surface area (TPSA) is 71.8 Å². The van der Waals surface area contributed by atoms with Gasteiger partial charge in [0.25, 0.3) is 0 Å². The number of carbonyl (C=O) groups excluding carboxylic acids is 1. The quantitative estimate of drug-likeness (QED) is 0.782. The largest absolute Gasteiger partial charge is 0.349 e. The Morgan fingerprint density at radius 1 is 1.44 bits per heavy atom. The second-order valence-electron chi connectivity index (χ2n) is 5.24. The average molecular weight is 253 g/mol. The summed E-state index contributed by atoms with van der Waals surface area (Å²) in [6, 6.07) is 0. The van der Waals surface area contributed by atoms with Crippen molar-refractivity contribution in [1.82, 2.24) is 25.4 Å². The molecule has 6 nitrogen and oxygen atoms in total. The summed E-state index contributed by atoms with van der Waals surface area (Å²) in [5.74, 6) is 0.812. The molecule has 0 spiro atoms. The Labute approximate surface area is 108 Å². The van der Waals surface area contributed by atoms with Crippen LogP contribution in [0.3, 0.4) is 0 Å². The molecule has 0 saturated carbocycles. The van der Waals surface area contributed by atoms with Crippen LogP contribution in [0.2, 0.25) is 0 Å². The van der Waals surface area contributed by atoms with Crippen molar-refractivity contribution in [2.45, 2.75) is 52.7 Å². The van der Waals surface area contributed by atoms with E-state index in [4.69, 9.17) is 0 Å². The van der Waals surface area contributed by atoms with Gasteiger partial charge in [0.1, 0.15) is 6.33 Å². The number of amides is 1. The Morgan fingerprint density at radius 2 is 2.17 bits per heavy atom. The number of aromatic nitrogens is 3. The third-order valence-corrected chi connectivity index (χ3v) is 2.49. The lowest BCUT2D eigenvalue weighted by atomic mass is 10.1. The first kappa shape index (κ1) is 14.6. The van der Waals surface area contributed by atoms with Crippen LogP contribution in [0.25, 0.3) is 0 Å². The second-order valence-corrected chi connectivity index (χ2v) is 5.24. The molecule has 18 heavy (non-hydrogen) atoms. The fraction of sp³-hybridized carbons (Fsp3) is 0.750. The van der Waals surface area contributed by atoms with Gasteiger partial charge in [0.15, 0.2) is 5.82 Å². The molecule has 1 heterocycles. The van der Waals surface area contributed by atoms with E-state index >= 15 is 0 Å². The summed E-state index contributed by atoms with van der Waals surface area (Å²) >= 11 is 0. The van der Waals surface area contributed by atoms with Gasteiger partial charge in [-0.3, -0.25) is 4.79 Å². The van der Waals surface area contributed by atoms with E-state index in [1.54, 1.807) is 6.33 Å². The molecule has 102 valence electrons. The Morgan fingerprint density at radius 3 is 2.78 bits per heavy atom. The fourth-order valence-electron chi connectivity index (χ4n) is 1.50. The summed E-state index contributed by atoms with van der Waals surface area (Å²) < 4.78 is 1.91. The zero-order valence-corrected chi connectivity index (χ0v) is 11.7. The fourth-order valence-corrected chi connectivity index (χ4v) is 1.50. The molecule has 0 fully saturated rings. The van der Waals surface area contributed by atoms with Crippen molar-refractivity contribution < 1.29 is 4.79 Å². The van der Waals surface area contributed by atoms with Gasteiger partial charge in [-0.25, -0.2) is 0 Å². The second kappa shape index (κ2) is 6.49. The van der Waals surface area contributed by atoms with Crippen LogP contribution in [-0.2, 0) is 17.9 Å². The third kappa shape index (κ3) is 5.27. The van der Waals surface area contributed by atoms with Crippen LogP contribution < -0.4 is 10.6 Å². The molecular formula is C12H23N5O. The highest BCUT2D eigenvalue weighted by molar-refractivity contribution is 5.75. The van der Waals surface area contributed by atoms with E-state index in [1.807, 2.05) is 11.5 Å². The smallest absolute Gasteiger partial charge is 0.221 e. The van der Waals surface area contributed by atoms with E-state index in [0.29, 0.717) is 19.5 Å². The molecule has 0 aliphatic heterocycles. The summed E-state index contributed by atoms with van der Waals surface area (Å²) in [6.07, 6.45) is 2.14. The Kier molecular flexibility index (Phi) is 5.27. The first-order valence-electron chi connectivity index (χ1n) is 6.31. The molecular weight excluding hydrogens is 230 g/mol. The SMILES string of the molecule is CCn1cnnc1CNC(=O)CCNC(C)(C)C. The highest BCUT2D eigenvalue weighted by Gasteiger charge is 2.10. The van der Waals surface area contributed by atoms with Gasteiger partial charge in [-0.15, -0.1) is 10.2 Å². The molecule has 1 rings (SSSR count). The maximum atomic E-state index is 11.6. The number of hydrogen-bond acceptors (Lipinski definition) is 4. The zero-order chi connectivity index (χ0) is 13.6. The zero-order valence-electron chi connectivity index (χ0n) is 11.7.